The number of sulfonamides is 1. The summed E-state index contributed by atoms with van der Waals surface area (Å²) in [6.07, 6.45) is 0. The Kier molecular flexibility index (Phi) is 2.90. The van der Waals surface area contributed by atoms with Crippen LogP contribution in [0.15, 0.2) is 29.2 Å². The first kappa shape index (κ1) is 10.0. The van der Waals surface area contributed by atoms with Gasteiger partial charge < -0.3 is 4.74 Å². The van der Waals surface area contributed by atoms with Crippen molar-refractivity contribution in [3.8, 4) is 5.75 Å². The summed E-state index contributed by atoms with van der Waals surface area (Å²) >= 11 is 0. The summed E-state index contributed by atoms with van der Waals surface area (Å²) in [6, 6.07) is 6.28. The molecule has 5 heteroatoms. The van der Waals surface area contributed by atoms with Gasteiger partial charge in [-0.15, -0.1) is 0 Å². The standard InChI is InChI=1S/C8H11NO3S/c1-2-12-7-5-3-4-6-8(7)13(9,10)11/h3-6H,2H2,1H3,(H2,9,10,11). The van der Waals surface area contributed by atoms with Gasteiger partial charge in [-0.25, -0.2) is 13.6 Å². The molecule has 0 aliphatic heterocycles. The van der Waals surface area contributed by atoms with Gasteiger partial charge in [-0.3, -0.25) is 0 Å². The Balaban J connectivity index is 3.20. The molecular formula is C8H11NO3S. The van der Waals surface area contributed by atoms with Crippen molar-refractivity contribution in [1.82, 2.24) is 0 Å². The van der Waals surface area contributed by atoms with Crippen molar-refractivity contribution in [2.45, 2.75) is 11.8 Å². The molecule has 1 rings (SSSR count). The molecule has 0 aromatic heterocycles. The molecule has 0 bridgehead atoms. The largest absolute Gasteiger partial charge is 0.492 e. The number of benzene rings is 1. The van der Waals surface area contributed by atoms with Crippen molar-refractivity contribution < 1.29 is 13.2 Å². The highest BCUT2D eigenvalue weighted by molar-refractivity contribution is 7.89. The molecule has 0 heterocycles. The summed E-state index contributed by atoms with van der Waals surface area (Å²) in [6.45, 7) is 2.19. The van der Waals surface area contributed by atoms with E-state index in [1.807, 2.05) is 0 Å². The Morgan fingerprint density at radius 1 is 1.38 bits per heavy atom. The zero-order chi connectivity index (χ0) is 9.90. The number of primary sulfonamides is 1. The van der Waals surface area contributed by atoms with E-state index in [1.54, 1.807) is 25.1 Å². The summed E-state index contributed by atoms with van der Waals surface area (Å²) < 4.78 is 27.2. The SMILES string of the molecule is CCOc1ccccc1S(N)(=O)=O. The average Bonchev–Trinajstić information content (AvgIpc) is 2.04. The molecule has 13 heavy (non-hydrogen) atoms. The van der Waals surface area contributed by atoms with Crippen molar-refractivity contribution in [1.29, 1.82) is 0 Å². The second-order valence-electron chi connectivity index (χ2n) is 2.42. The Labute approximate surface area is 77.4 Å². The van der Waals surface area contributed by atoms with Gasteiger partial charge in [-0.05, 0) is 19.1 Å². The van der Waals surface area contributed by atoms with E-state index in [2.05, 4.69) is 0 Å². The van der Waals surface area contributed by atoms with Gasteiger partial charge in [0, 0.05) is 0 Å². The fraction of sp³-hybridized carbons (Fsp3) is 0.250. The summed E-state index contributed by atoms with van der Waals surface area (Å²) in [5, 5.41) is 4.98. The summed E-state index contributed by atoms with van der Waals surface area (Å²) in [4.78, 5) is 0.0249. The van der Waals surface area contributed by atoms with Gasteiger partial charge in [0.1, 0.15) is 10.6 Å². The first-order valence-electron chi connectivity index (χ1n) is 3.80. The molecule has 0 fully saturated rings. The van der Waals surface area contributed by atoms with Crippen molar-refractivity contribution in [3.63, 3.8) is 0 Å². The fourth-order valence-electron chi connectivity index (χ4n) is 0.960. The van der Waals surface area contributed by atoms with Crippen molar-refractivity contribution >= 4 is 10.0 Å². The maximum absolute atomic E-state index is 11.0. The lowest BCUT2D eigenvalue weighted by atomic mass is 10.3. The molecule has 0 saturated carbocycles. The molecule has 0 aliphatic rings. The Morgan fingerprint density at radius 3 is 2.54 bits per heavy atom. The van der Waals surface area contributed by atoms with Crippen LogP contribution in [0.2, 0.25) is 0 Å². The minimum Gasteiger partial charge on any atom is -0.492 e. The maximum atomic E-state index is 11.0. The fourth-order valence-corrected chi connectivity index (χ4v) is 1.64. The van der Waals surface area contributed by atoms with Crippen LogP contribution in [0.4, 0.5) is 0 Å². The number of ether oxygens (including phenoxy) is 1. The number of nitrogens with two attached hydrogens (primary N) is 1. The number of hydrogen-bond donors (Lipinski definition) is 1. The molecule has 0 radical (unpaired) electrons. The van der Waals surface area contributed by atoms with Crippen molar-refractivity contribution in [3.05, 3.63) is 24.3 Å². The predicted octanol–water partition coefficient (Wildman–Crippen LogP) is 0.733. The lowest BCUT2D eigenvalue weighted by Crippen LogP contribution is -2.13. The Bertz CT molecular complexity index is 386. The van der Waals surface area contributed by atoms with Crippen LogP contribution in [0.3, 0.4) is 0 Å². The molecule has 2 N–H and O–H groups in total. The number of hydrogen-bond acceptors (Lipinski definition) is 3. The molecule has 0 atom stereocenters. The van der Waals surface area contributed by atoms with E-state index in [0.717, 1.165) is 0 Å². The molecule has 0 amide bonds. The Morgan fingerprint density at radius 2 is 2.00 bits per heavy atom. The predicted molar refractivity (Wildman–Crippen MR) is 49.0 cm³/mol. The highest BCUT2D eigenvalue weighted by Crippen LogP contribution is 2.21. The lowest BCUT2D eigenvalue weighted by molar-refractivity contribution is 0.331. The highest BCUT2D eigenvalue weighted by Gasteiger charge is 2.13. The van der Waals surface area contributed by atoms with E-state index in [9.17, 15) is 8.42 Å². The van der Waals surface area contributed by atoms with Crippen LogP contribution < -0.4 is 9.88 Å². The second-order valence-corrected chi connectivity index (χ2v) is 3.95. The maximum Gasteiger partial charge on any atom is 0.241 e. The quantitative estimate of drug-likeness (QED) is 0.783. The van der Waals surface area contributed by atoms with E-state index in [1.165, 1.54) is 6.07 Å². The van der Waals surface area contributed by atoms with E-state index >= 15 is 0 Å². The summed E-state index contributed by atoms with van der Waals surface area (Å²) in [5.41, 5.74) is 0. The first-order valence-corrected chi connectivity index (χ1v) is 5.35. The second kappa shape index (κ2) is 3.76. The molecule has 4 nitrogen and oxygen atoms in total. The van der Waals surface area contributed by atoms with E-state index in [-0.39, 0.29) is 4.90 Å². The van der Waals surface area contributed by atoms with Gasteiger partial charge in [0.2, 0.25) is 10.0 Å². The van der Waals surface area contributed by atoms with Crippen molar-refractivity contribution in [2.75, 3.05) is 6.61 Å². The smallest absolute Gasteiger partial charge is 0.241 e. The van der Waals surface area contributed by atoms with Gasteiger partial charge in [0.15, 0.2) is 0 Å². The summed E-state index contributed by atoms with van der Waals surface area (Å²) in [5.74, 6) is 0.299. The third-order valence-corrected chi connectivity index (χ3v) is 2.41. The van der Waals surface area contributed by atoms with Gasteiger partial charge in [0.05, 0.1) is 6.61 Å². The molecule has 1 aromatic rings. The van der Waals surface area contributed by atoms with Crippen LogP contribution in [0.5, 0.6) is 5.75 Å². The van der Waals surface area contributed by atoms with Crippen LogP contribution in [-0.4, -0.2) is 15.0 Å². The van der Waals surface area contributed by atoms with Crippen LogP contribution >= 0.6 is 0 Å². The van der Waals surface area contributed by atoms with E-state index in [4.69, 9.17) is 9.88 Å². The molecule has 1 aromatic carbocycles. The molecule has 72 valence electrons. The molecule has 0 spiro atoms. The van der Waals surface area contributed by atoms with E-state index < -0.39 is 10.0 Å². The van der Waals surface area contributed by atoms with Gasteiger partial charge in [-0.2, -0.15) is 0 Å². The molecular weight excluding hydrogens is 190 g/mol. The normalized spacial score (nSPS) is 11.2. The number of para-hydroxylation sites is 1. The molecule has 0 unspecified atom stereocenters. The van der Waals surface area contributed by atoms with E-state index in [0.29, 0.717) is 12.4 Å². The van der Waals surface area contributed by atoms with Gasteiger partial charge in [-0.1, -0.05) is 12.1 Å². The monoisotopic (exact) mass is 201 g/mol. The third-order valence-electron chi connectivity index (χ3n) is 1.46. The minimum atomic E-state index is -3.68. The zero-order valence-corrected chi connectivity index (χ0v) is 8.04. The van der Waals surface area contributed by atoms with Crippen LogP contribution in [0, 0.1) is 0 Å². The average molecular weight is 201 g/mol. The van der Waals surface area contributed by atoms with Gasteiger partial charge in [0.25, 0.3) is 0 Å². The summed E-state index contributed by atoms with van der Waals surface area (Å²) in [7, 11) is -3.68. The first-order chi connectivity index (χ1) is 6.05. The zero-order valence-electron chi connectivity index (χ0n) is 7.23. The van der Waals surface area contributed by atoms with Crippen molar-refractivity contribution in [2.24, 2.45) is 5.14 Å². The van der Waals surface area contributed by atoms with Crippen LogP contribution in [-0.2, 0) is 10.0 Å². The highest BCUT2D eigenvalue weighted by atomic mass is 32.2. The lowest BCUT2D eigenvalue weighted by Gasteiger charge is -2.06. The van der Waals surface area contributed by atoms with Gasteiger partial charge >= 0.3 is 0 Å². The van der Waals surface area contributed by atoms with Crippen LogP contribution in [0.1, 0.15) is 6.92 Å². The minimum absolute atomic E-state index is 0.0249. The number of rotatable bonds is 3. The van der Waals surface area contributed by atoms with Crippen LogP contribution in [0.25, 0.3) is 0 Å². The molecule has 0 saturated heterocycles. The third kappa shape index (κ3) is 2.43. The topological polar surface area (TPSA) is 69.4 Å². The Hall–Kier alpha value is -1.07. The molecule has 0 aliphatic carbocycles.